The lowest BCUT2D eigenvalue weighted by atomic mass is 10.0. The summed E-state index contributed by atoms with van der Waals surface area (Å²) in [5.41, 5.74) is 7.60. The van der Waals surface area contributed by atoms with Gasteiger partial charge in [0.1, 0.15) is 0 Å². The molecule has 0 N–H and O–H groups in total. The Balaban J connectivity index is 1.55. The fourth-order valence-corrected chi connectivity index (χ4v) is 4.36. The average Bonchev–Trinajstić information content (AvgIpc) is 3.00. The number of aliphatic imine (C=N–C) groups is 1. The molecule has 2 heterocycles. The first-order chi connectivity index (χ1) is 14.8. The van der Waals surface area contributed by atoms with Gasteiger partial charge in [-0.3, -0.25) is 9.89 Å². The van der Waals surface area contributed by atoms with Crippen molar-refractivity contribution in [3.63, 3.8) is 0 Å². The molecule has 150 valence electrons. The topological polar surface area (TPSA) is 18.8 Å². The molecule has 3 aromatic rings. The highest BCUT2D eigenvalue weighted by Crippen LogP contribution is 2.35. The van der Waals surface area contributed by atoms with Crippen LogP contribution in [0.3, 0.4) is 0 Å². The zero-order chi connectivity index (χ0) is 20.3. The largest absolute Gasteiger partial charge is 0.310 e. The summed E-state index contributed by atoms with van der Waals surface area (Å²) in [5, 5.41) is 0. The summed E-state index contributed by atoms with van der Waals surface area (Å²) in [6.07, 6.45) is 5.61. The number of anilines is 1. The van der Waals surface area contributed by atoms with Gasteiger partial charge in [-0.15, -0.1) is 0 Å². The van der Waals surface area contributed by atoms with Crippen molar-refractivity contribution in [2.75, 3.05) is 18.0 Å². The molecule has 3 heteroatoms. The molecule has 3 nitrogen and oxygen atoms in total. The second-order valence-corrected chi connectivity index (χ2v) is 7.85. The number of aryl methyl sites for hydroxylation is 1. The minimum Gasteiger partial charge on any atom is -0.310 e. The molecule has 3 aromatic carbocycles. The standard InChI is InChI=1S/C27H27N3/c1-2-21-10-6-7-13-25(21)26-20-30(27-28-18-8-9-19-29(26)27)24-16-14-23(15-17-24)22-11-4-3-5-12-22/h3-7,10-17,20H,2,8-9,18-19H2,1H3. The van der Waals surface area contributed by atoms with E-state index in [0.717, 1.165) is 37.6 Å². The van der Waals surface area contributed by atoms with Gasteiger partial charge in [0.15, 0.2) is 0 Å². The zero-order valence-corrected chi connectivity index (χ0v) is 17.5. The highest BCUT2D eigenvalue weighted by molar-refractivity contribution is 6.08. The molecule has 2 aliphatic heterocycles. The minimum atomic E-state index is 0.890. The SMILES string of the molecule is CCc1ccccc1C1=CN(c2ccc(-c3ccccc3)cc2)C2=NCCCCN12. The molecule has 0 spiro atoms. The van der Waals surface area contributed by atoms with Crippen LogP contribution in [-0.4, -0.2) is 23.9 Å². The van der Waals surface area contributed by atoms with Crippen LogP contribution in [0.25, 0.3) is 16.8 Å². The number of guanidine groups is 1. The minimum absolute atomic E-state index is 0.890. The lowest BCUT2D eigenvalue weighted by Gasteiger charge is -2.25. The first-order valence-electron chi connectivity index (χ1n) is 10.9. The summed E-state index contributed by atoms with van der Waals surface area (Å²) in [4.78, 5) is 9.65. The lowest BCUT2D eigenvalue weighted by molar-refractivity contribution is 0.565. The van der Waals surface area contributed by atoms with Crippen LogP contribution in [0.2, 0.25) is 0 Å². The van der Waals surface area contributed by atoms with Gasteiger partial charge in [-0.25, -0.2) is 0 Å². The summed E-state index contributed by atoms with van der Waals surface area (Å²) < 4.78 is 0. The first kappa shape index (κ1) is 18.7. The lowest BCUT2D eigenvalue weighted by Crippen LogP contribution is -2.34. The Kier molecular flexibility index (Phi) is 5.10. The van der Waals surface area contributed by atoms with Crippen molar-refractivity contribution >= 4 is 17.3 Å². The number of hydrogen-bond donors (Lipinski definition) is 0. The van der Waals surface area contributed by atoms with Gasteiger partial charge in [-0.1, -0.05) is 73.7 Å². The van der Waals surface area contributed by atoms with Gasteiger partial charge in [0, 0.05) is 30.5 Å². The van der Waals surface area contributed by atoms with E-state index in [1.54, 1.807) is 0 Å². The van der Waals surface area contributed by atoms with Crippen LogP contribution < -0.4 is 4.90 Å². The van der Waals surface area contributed by atoms with Crippen molar-refractivity contribution in [2.24, 2.45) is 4.99 Å². The Labute approximate surface area is 179 Å². The van der Waals surface area contributed by atoms with E-state index in [1.165, 1.54) is 34.4 Å². The molecule has 0 amide bonds. The van der Waals surface area contributed by atoms with Crippen molar-refractivity contribution in [1.82, 2.24) is 4.90 Å². The summed E-state index contributed by atoms with van der Waals surface area (Å²) >= 11 is 0. The molecule has 2 aliphatic rings. The molecular weight excluding hydrogens is 366 g/mol. The number of nitrogens with zero attached hydrogens (tertiary/aromatic N) is 3. The van der Waals surface area contributed by atoms with E-state index < -0.39 is 0 Å². The number of benzene rings is 3. The molecule has 0 aromatic heterocycles. The number of rotatable bonds is 4. The molecule has 0 bridgehead atoms. The van der Waals surface area contributed by atoms with E-state index in [4.69, 9.17) is 4.99 Å². The van der Waals surface area contributed by atoms with Gasteiger partial charge in [-0.05, 0) is 48.1 Å². The highest BCUT2D eigenvalue weighted by Gasteiger charge is 2.31. The predicted molar refractivity (Wildman–Crippen MR) is 126 cm³/mol. The average molecular weight is 394 g/mol. The van der Waals surface area contributed by atoms with Gasteiger partial charge in [0.05, 0.1) is 5.70 Å². The van der Waals surface area contributed by atoms with E-state index in [2.05, 4.69) is 102 Å². The summed E-state index contributed by atoms with van der Waals surface area (Å²) in [7, 11) is 0. The van der Waals surface area contributed by atoms with E-state index in [-0.39, 0.29) is 0 Å². The molecule has 30 heavy (non-hydrogen) atoms. The summed E-state index contributed by atoms with van der Waals surface area (Å²) in [5.74, 6) is 1.06. The van der Waals surface area contributed by atoms with Crippen molar-refractivity contribution in [1.29, 1.82) is 0 Å². The molecular formula is C27H27N3. The molecule has 0 saturated carbocycles. The van der Waals surface area contributed by atoms with E-state index in [0.29, 0.717) is 0 Å². The van der Waals surface area contributed by atoms with Crippen LogP contribution in [0, 0.1) is 0 Å². The normalized spacial score (nSPS) is 16.0. The molecule has 0 aliphatic carbocycles. The highest BCUT2D eigenvalue weighted by atomic mass is 15.4. The van der Waals surface area contributed by atoms with Crippen molar-refractivity contribution in [3.05, 3.63) is 96.2 Å². The first-order valence-corrected chi connectivity index (χ1v) is 10.9. The molecule has 0 fully saturated rings. The Bertz CT molecular complexity index is 1080. The number of fused-ring (bicyclic) bond motifs is 1. The maximum atomic E-state index is 4.97. The Morgan fingerprint density at radius 3 is 2.33 bits per heavy atom. The quantitative estimate of drug-likeness (QED) is 0.526. The van der Waals surface area contributed by atoms with Gasteiger partial charge < -0.3 is 4.90 Å². The maximum absolute atomic E-state index is 4.97. The third kappa shape index (κ3) is 3.41. The van der Waals surface area contributed by atoms with Crippen LogP contribution in [0.5, 0.6) is 0 Å². The van der Waals surface area contributed by atoms with E-state index >= 15 is 0 Å². The second kappa shape index (κ2) is 8.19. The van der Waals surface area contributed by atoms with Crippen LogP contribution in [0.4, 0.5) is 5.69 Å². The molecule has 5 rings (SSSR count). The predicted octanol–water partition coefficient (Wildman–Crippen LogP) is 6.19. The fraction of sp³-hybridized carbons (Fsp3) is 0.222. The Morgan fingerprint density at radius 2 is 1.53 bits per heavy atom. The summed E-state index contributed by atoms with van der Waals surface area (Å²) in [6.45, 7) is 4.13. The van der Waals surface area contributed by atoms with E-state index in [1.807, 2.05) is 0 Å². The third-order valence-electron chi connectivity index (χ3n) is 5.97. The maximum Gasteiger partial charge on any atom is 0.210 e. The van der Waals surface area contributed by atoms with Crippen LogP contribution >= 0.6 is 0 Å². The van der Waals surface area contributed by atoms with Gasteiger partial charge in [0.2, 0.25) is 5.96 Å². The third-order valence-corrected chi connectivity index (χ3v) is 5.97. The number of hydrogen-bond acceptors (Lipinski definition) is 3. The van der Waals surface area contributed by atoms with Gasteiger partial charge in [0.25, 0.3) is 0 Å². The van der Waals surface area contributed by atoms with Crippen LogP contribution in [0.1, 0.15) is 30.9 Å². The monoisotopic (exact) mass is 393 g/mol. The molecule has 0 atom stereocenters. The van der Waals surface area contributed by atoms with Gasteiger partial charge >= 0.3 is 0 Å². The second-order valence-electron chi connectivity index (χ2n) is 7.85. The fourth-order valence-electron chi connectivity index (χ4n) is 4.36. The van der Waals surface area contributed by atoms with Crippen molar-refractivity contribution in [2.45, 2.75) is 26.2 Å². The molecule has 0 saturated heterocycles. The summed E-state index contributed by atoms with van der Waals surface area (Å²) in [6, 6.07) is 28.1. The van der Waals surface area contributed by atoms with Gasteiger partial charge in [-0.2, -0.15) is 0 Å². The van der Waals surface area contributed by atoms with Crippen LogP contribution in [-0.2, 0) is 6.42 Å². The van der Waals surface area contributed by atoms with Crippen molar-refractivity contribution in [3.8, 4) is 11.1 Å². The zero-order valence-electron chi connectivity index (χ0n) is 17.5. The van der Waals surface area contributed by atoms with E-state index in [9.17, 15) is 0 Å². The Hall–Kier alpha value is -3.33. The van der Waals surface area contributed by atoms with Crippen molar-refractivity contribution < 1.29 is 0 Å². The smallest absolute Gasteiger partial charge is 0.210 e. The molecule has 0 unspecified atom stereocenters. The van der Waals surface area contributed by atoms with Crippen LogP contribution in [0.15, 0.2) is 90.1 Å². The Morgan fingerprint density at radius 1 is 0.800 bits per heavy atom. The molecule has 0 radical (unpaired) electrons.